The Labute approximate surface area is 78.8 Å². The molecule has 0 bridgehead atoms. The van der Waals surface area contributed by atoms with Crippen LogP contribution in [0.2, 0.25) is 0 Å². The Balaban J connectivity index is 3.06. The maximum Gasteiger partial charge on any atom is 0.128 e. The van der Waals surface area contributed by atoms with Gasteiger partial charge in [0.15, 0.2) is 0 Å². The van der Waals surface area contributed by atoms with Gasteiger partial charge in [-0.1, -0.05) is 26.0 Å². The normalized spacial score (nSPS) is 13.4. The van der Waals surface area contributed by atoms with Gasteiger partial charge in [-0.25, -0.2) is 4.39 Å². The second-order valence-electron chi connectivity index (χ2n) is 3.72. The van der Waals surface area contributed by atoms with Gasteiger partial charge in [0.2, 0.25) is 0 Å². The van der Waals surface area contributed by atoms with Crippen molar-refractivity contribution < 1.29 is 4.39 Å². The molecule has 13 heavy (non-hydrogen) atoms. The van der Waals surface area contributed by atoms with Crippen molar-refractivity contribution in [2.24, 2.45) is 5.73 Å². The summed E-state index contributed by atoms with van der Waals surface area (Å²) in [4.78, 5) is 0. The second kappa shape index (κ2) is 3.88. The highest BCUT2D eigenvalue weighted by Crippen LogP contribution is 2.20. The average molecular weight is 181 g/mol. The maximum atomic E-state index is 13.4. The number of nitrogens with two attached hydrogens (primary N) is 1. The third kappa shape index (κ3) is 2.28. The van der Waals surface area contributed by atoms with Gasteiger partial charge in [0.05, 0.1) is 0 Å². The molecule has 0 saturated carbocycles. The largest absolute Gasteiger partial charge is 0.324 e. The molecule has 0 radical (unpaired) electrons. The lowest BCUT2D eigenvalue weighted by Crippen LogP contribution is -2.07. The Morgan fingerprint density at radius 1 is 1.23 bits per heavy atom. The highest BCUT2D eigenvalue weighted by molar-refractivity contribution is 5.28. The van der Waals surface area contributed by atoms with E-state index in [0.29, 0.717) is 11.5 Å². The molecular formula is C11H16FN. The Bertz CT molecular complexity index is 292. The minimum atomic E-state index is -0.235. The Kier molecular flexibility index (Phi) is 3.04. The molecule has 1 aromatic carbocycles. The predicted molar refractivity (Wildman–Crippen MR) is 53.1 cm³/mol. The predicted octanol–water partition coefficient (Wildman–Crippen LogP) is 2.97. The summed E-state index contributed by atoms with van der Waals surface area (Å²) in [6.07, 6.45) is 0. The van der Waals surface area contributed by atoms with Gasteiger partial charge < -0.3 is 5.73 Å². The smallest absolute Gasteiger partial charge is 0.128 e. The Morgan fingerprint density at radius 2 is 1.85 bits per heavy atom. The van der Waals surface area contributed by atoms with Gasteiger partial charge in [-0.3, -0.25) is 0 Å². The van der Waals surface area contributed by atoms with Crippen LogP contribution in [0.3, 0.4) is 0 Å². The van der Waals surface area contributed by atoms with Gasteiger partial charge in [-0.05, 0) is 24.5 Å². The van der Waals surface area contributed by atoms with Crippen molar-refractivity contribution in [1.29, 1.82) is 0 Å². The lowest BCUT2D eigenvalue weighted by Gasteiger charge is -2.10. The molecule has 0 spiro atoms. The third-order valence-corrected chi connectivity index (χ3v) is 2.18. The maximum absolute atomic E-state index is 13.4. The van der Waals surface area contributed by atoms with Crippen LogP contribution < -0.4 is 5.73 Å². The zero-order chi connectivity index (χ0) is 10.0. The van der Waals surface area contributed by atoms with Crippen molar-refractivity contribution in [2.45, 2.75) is 32.7 Å². The molecule has 2 N–H and O–H groups in total. The van der Waals surface area contributed by atoms with Crippen molar-refractivity contribution in [3.05, 3.63) is 35.1 Å². The van der Waals surface area contributed by atoms with Gasteiger partial charge in [0.1, 0.15) is 5.82 Å². The Hall–Kier alpha value is -0.890. The molecule has 1 nitrogen and oxygen atoms in total. The monoisotopic (exact) mass is 181 g/mol. The minimum absolute atomic E-state index is 0.193. The van der Waals surface area contributed by atoms with Crippen molar-refractivity contribution in [3.63, 3.8) is 0 Å². The number of hydrogen-bond acceptors (Lipinski definition) is 1. The number of rotatable bonds is 2. The van der Waals surface area contributed by atoms with E-state index in [2.05, 4.69) is 0 Å². The third-order valence-electron chi connectivity index (χ3n) is 2.18. The second-order valence-corrected chi connectivity index (χ2v) is 3.72. The molecule has 2 heteroatoms. The van der Waals surface area contributed by atoms with E-state index in [9.17, 15) is 4.39 Å². The van der Waals surface area contributed by atoms with E-state index < -0.39 is 0 Å². The topological polar surface area (TPSA) is 26.0 Å². The van der Waals surface area contributed by atoms with E-state index in [1.54, 1.807) is 19.1 Å². The van der Waals surface area contributed by atoms with Crippen LogP contribution in [-0.2, 0) is 0 Å². The average Bonchev–Trinajstić information content (AvgIpc) is 2.03. The van der Waals surface area contributed by atoms with E-state index >= 15 is 0 Å². The lowest BCUT2D eigenvalue weighted by molar-refractivity contribution is 0.590. The number of halogens is 1. The van der Waals surface area contributed by atoms with E-state index in [1.165, 1.54) is 0 Å². The summed E-state index contributed by atoms with van der Waals surface area (Å²) in [5, 5.41) is 0. The van der Waals surface area contributed by atoms with Gasteiger partial charge in [0.25, 0.3) is 0 Å². The van der Waals surface area contributed by atoms with Gasteiger partial charge in [0, 0.05) is 11.6 Å². The summed E-state index contributed by atoms with van der Waals surface area (Å²) < 4.78 is 13.4. The van der Waals surface area contributed by atoms with Gasteiger partial charge in [-0.15, -0.1) is 0 Å². The first-order valence-corrected chi connectivity index (χ1v) is 4.57. The zero-order valence-corrected chi connectivity index (χ0v) is 8.34. The fourth-order valence-electron chi connectivity index (χ4n) is 1.27. The van der Waals surface area contributed by atoms with Crippen LogP contribution in [0.5, 0.6) is 0 Å². The molecule has 0 heterocycles. The first kappa shape index (κ1) is 10.2. The molecule has 0 aliphatic rings. The summed E-state index contributed by atoms with van der Waals surface area (Å²) in [6, 6.07) is 5.05. The fourth-order valence-corrected chi connectivity index (χ4v) is 1.27. The van der Waals surface area contributed by atoms with Crippen molar-refractivity contribution in [1.82, 2.24) is 0 Å². The number of benzene rings is 1. The lowest BCUT2D eigenvalue weighted by atomic mass is 9.99. The molecule has 72 valence electrons. The minimum Gasteiger partial charge on any atom is -0.324 e. The first-order valence-electron chi connectivity index (χ1n) is 4.57. The molecule has 0 aliphatic heterocycles. The quantitative estimate of drug-likeness (QED) is 0.745. The van der Waals surface area contributed by atoms with Crippen molar-refractivity contribution >= 4 is 0 Å². The molecule has 0 aromatic heterocycles. The molecule has 1 unspecified atom stereocenters. The molecular weight excluding hydrogens is 165 g/mol. The fraction of sp³-hybridized carbons (Fsp3) is 0.455. The standard InChI is InChI=1S/C11H16FN/c1-7(2)9-4-5-10(8(3)13)11(12)6-9/h4-8H,13H2,1-3H3. The molecule has 0 aliphatic carbocycles. The van der Waals surface area contributed by atoms with Crippen molar-refractivity contribution in [2.75, 3.05) is 0 Å². The highest BCUT2D eigenvalue weighted by Gasteiger charge is 2.08. The van der Waals surface area contributed by atoms with Crippen LogP contribution >= 0.6 is 0 Å². The van der Waals surface area contributed by atoms with E-state index in [1.807, 2.05) is 19.9 Å². The van der Waals surface area contributed by atoms with E-state index in [0.717, 1.165) is 5.56 Å². The molecule has 0 fully saturated rings. The zero-order valence-electron chi connectivity index (χ0n) is 8.34. The Morgan fingerprint density at radius 3 is 2.23 bits per heavy atom. The molecule has 1 atom stereocenters. The molecule has 0 saturated heterocycles. The SMILES string of the molecule is CC(C)c1ccc(C(C)N)c(F)c1. The highest BCUT2D eigenvalue weighted by atomic mass is 19.1. The summed E-state index contributed by atoms with van der Waals surface area (Å²) in [7, 11) is 0. The van der Waals surface area contributed by atoms with Crippen LogP contribution in [0.15, 0.2) is 18.2 Å². The van der Waals surface area contributed by atoms with Crippen LogP contribution in [0.1, 0.15) is 43.9 Å². The first-order chi connectivity index (χ1) is 6.02. The van der Waals surface area contributed by atoms with Crippen LogP contribution in [0.25, 0.3) is 0 Å². The number of hydrogen-bond donors (Lipinski definition) is 1. The van der Waals surface area contributed by atoms with Gasteiger partial charge in [-0.2, -0.15) is 0 Å². The van der Waals surface area contributed by atoms with Crippen LogP contribution in [0.4, 0.5) is 4.39 Å². The van der Waals surface area contributed by atoms with Crippen LogP contribution in [-0.4, -0.2) is 0 Å². The summed E-state index contributed by atoms with van der Waals surface area (Å²) in [5.41, 5.74) is 7.20. The molecule has 1 rings (SSSR count). The molecule has 1 aromatic rings. The van der Waals surface area contributed by atoms with Gasteiger partial charge >= 0.3 is 0 Å². The van der Waals surface area contributed by atoms with E-state index in [-0.39, 0.29) is 11.9 Å². The molecule has 0 amide bonds. The van der Waals surface area contributed by atoms with Crippen LogP contribution in [0, 0.1) is 5.82 Å². The summed E-state index contributed by atoms with van der Waals surface area (Å²) in [6.45, 7) is 5.87. The van der Waals surface area contributed by atoms with Crippen molar-refractivity contribution in [3.8, 4) is 0 Å². The summed E-state index contributed by atoms with van der Waals surface area (Å²) in [5.74, 6) is 0.165. The summed E-state index contributed by atoms with van der Waals surface area (Å²) >= 11 is 0. The van der Waals surface area contributed by atoms with E-state index in [4.69, 9.17) is 5.73 Å².